The van der Waals surface area contributed by atoms with Crippen molar-refractivity contribution in [2.75, 3.05) is 45.4 Å². The van der Waals surface area contributed by atoms with E-state index in [9.17, 15) is 9.90 Å². The second-order valence-corrected chi connectivity index (χ2v) is 6.11. The summed E-state index contributed by atoms with van der Waals surface area (Å²) in [4.78, 5) is 23.4. The average molecular weight is 339 g/mol. The number of ether oxygens (including phenoxy) is 2. The zero-order chi connectivity index (χ0) is 17.0. The Morgan fingerprint density at radius 2 is 1.78 bits per heavy atom. The van der Waals surface area contributed by atoms with Crippen molar-refractivity contribution in [1.29, 1.82) is 0 Å². The molecule has 126 valence electrons. The van der Waals surface area contributed by atoms with Crippen LogP contribution in [0.4, 0.5) is 5.82 Å². The monoisotopic (exact) mass is 339 g/mol. The molecule has 1 N–H and O–H groups in total. The highest BCUT2D eigenvalue weighted by molar-refractivity contribution is 7.20. The normalized spacial score (nSPS) is 11.1. The summed E-state index contributed by atoms with van der Waals surface area (Å²) in [5.74, 6) is 0.419. The lowest BCUT2D eigenvalue weighted by molar-refractivity contribution is 0.0701. The van der Waals surface area contributed by atoms with Crippen LogP contribution in [0.2, 0.25) is 0 Å². The molecule has 0 aliphatic heterocycles. The molecule has 0 fully saturated rings. The average Bonchev–Trinajstić information content (AvgIpc) is 2.84. The number of anilines is 1. The van der Waals surface area contributed by atoms with E-state index in [0.29, 0.717) is 47.4 Å². The minimum Gasteiger partial charge on any atom is -0.477 e. The van der Waals surface area contributed by atoms with Crippen LogP contribution in [0.3, 0.4) is 0 Å². The Labute approximate surface area is 138 Å². The van der Waals surface area contributed by atoms with Crippen molar-refractivity contribution in [1.82, 2.24) is 9.97 Å². The Bertz CT molecular complexity index is 694. The molecule has 2 rings (SSSR count). The van der Waals surface area contributed by atoms with Crippen LogP contribution >= 0.6 is 11.3 Å². The molecule has 0 saturated carbocycles. The first-order chi connectivity index (χ1) is 11.0. The highest BCUT2D eigenvalue weighted by Crippen LogP contribution is 2.35. The molecule has 2 heterocycles. The minimum absolute atomic E-state index is 0.305. The van der Waals surface area contributed by atoms with Gasteiger partial charge in [-0.1, -0.05) is 0 Å². The number of methoxy groups -OCH3 is 2. The lowest BCUT2D eigenvalue weighted by Crippen LogP contribution is -2.31. The van der Waals surface area contributed by atoms with Gasteiger partial charge in [0.1, 0.15) is 21.3 Å². The summed E-state index contributed by atoms with van der Waals surface area (Å²) >= 11 is 1.19. The molecule has 8 heteroatoms. The van der Waals surface area contributed by atoms with E-state index < -0.39 is 5.97 Å². The molecular formula is C15H21N3O4S. The van der Waals surface area contributed by atoms with Gasteiger partial charge in [0.25, 0.3) is 0 Å². The number of rotatable bonds is 8. The number of aromatic nitrogens is 2. The fourth-order valence-electron chi connectivity index (χ4n) is 2.38. The van der Waals surface area contributed by atoms with E-state index in [1.165, 1.54) is 11.3 Å². The third-order valence-electron chi connectivity index (χ3n) is 3.51. The van der Waals surface area contributed by atoms with Crippen LogP contribution in [-0.2, 0) is 9.47 Å². The van der Waals surface area contributed by atoms with Gasteiger partial charge in [-0.2, -0.15) is 0 Å². The first kappa shape index (κ1) is 17.6. The molecule has 23 heavy (non-hydrogen) atoms. The zero-order valence-electron chi connectivity index (χ0n) is 13.8. The Balaban J connectivity index is 2.57. The number of carboxylic acids is 1. The van der Waals surface area contributed by atoms with E-state index in [-0.39, 0.29) is 0 Å². The zero-order valence-corrected chi connectivity index (χ0v) is 14.6. The van der Waals surface area contributed by atoms with Crippen LogP contribution in [0.1, 0.15) is 21.1 Å². The van der Waals surface area contributed by atoms with E-state index in [1.54, 1.807) is 21.1 Å². The number of fused-ring (bicyclic) bond motifs is 1. The lowest BCUT2D eigenvalue weighted by atomic mass is 10.2. The van der Waals surface area contributed by atoms with Gasteiger partial charge in [0.15, 0.2) is 0 Å². The topological polar surface area (TPSA) is 84.8 Å². The van der Waals surface area contributed by atoms with Crippen molar-refractivity contribution in [3.05, 3.63) is 16.3 Å². The lowest BCUT2D eigenvalue weighted by Gasteiger charge is -2.24. The molecule has 0 aliphatic carbocycles. The first-order valence-electron chi connectivity index (χ1n) is 7.23. The largest absolute Gasteiger partial charge is 0.477 e. The van der Waals surface area contributed by atoms with Gasteiger partial charge in [-0.05, 0) is 19.4 Å². The second-order valence-electron chi connectivity index (χ2n) is 5.11. The van der Waals surface area contributed by atoms with Crippen molar-refractivity contribution in [3.8, 4) is 0 Å². The summed E-state index contributed by atoms with van der Waals surface area (Å²) in [6.07, 6.45) is 0. The molecule has 0 saturated heterocycles. The minimum atomic E-state index is -0.936. The highest BCUT2D eigenvalue weighted by atomic mass is 32.1. The summed E-state index contributed by atoms with van der Waals surface area (Å²) < 4.78 is 10.3. The molecular weight excluding hydrogens is 318 g/mol. The molecule has 0 aromatic carbocycles. The maximum Gasteiger partial charge on any atom is 0.346 e. The van der Waals surface area contributed by atoms with Crippen molar-refractivity contribution in [2.45, 2.75) is 13.8 Å². The van der Waals surface area contributed by atoms with Crippen LogP contribution in [0, 0.1) is 13.8 Å². The summed E-state index contributed by atoms with van der Waals surface area (Å²) in [5.41, 5.74) is 0.701. The van der Waals surface area contributed by atoms with Gasteiger partial charge in [0.2, 0.25) is 0 Å². The summed E-state index contributed by atoms with van der Waals surface area (Å²) in [6, 6.07) is 0. The van der Waals surface area contributed by atoms with Crippen LogP contribution in [0.15, 0.2) is 0 Å². The van der Waals surface area contributed by atoms with Crippen LogP contribution in [-0.4, -0.2) is 61.6 Å². The van der Waals surface area contributed by atoms with Gasteiger partial charge in [0, 0.05) is 27.3 Å². The Hall–Kier alpha value is -1.77. The molecule has 0 unspecified atom stereocenters. The van der Waals surface area contributed by atoms with Gasteiger partial charge in [0.05, 0.1) is 18.6 Å². The Morgan fingerprint density at radius 3 is 2.30 bits per heavy atom. The first-order valence-corrected chi connectivity index (χ1v) is 8.05. The predicted molar refractivity (Wildman–Crippen MR) is 89.8 cm³/mol. The standard InChI is InChI=1S/C15H21N3O4S/c1-9-11-13(18(5-7-21-3)6-8-22-4)16-10(2)17-14(11)23-12(9)15(19)20/h5-8H2,1-4H3,(H,19,20). The molecule has 0 bridgehead atoms. The maximum atomic E-state index is 11.4. The number of carbonyl (C=O) groups is 1. The van der Waals surface area contributed by atoms with Crippen LogP contribution in [0.25, 0.3) is 10.2 Å². The van der Waals surface area contributed by atoms with E-state index in [4.69, 9.17) is 9.47 Å². The maximum absolute atomic E-state index is 11.4. The molecule has 0 radical (unpaired) electrons. The van der Waals surface area contributed by atoms with E-state index >= 15 is 0 Å². The Morgan fingerprint density at radius 1 is 1.17 bits per heavy atom. The summed E-state index contributed by atoms with van der Waals surface area (Å²) in [5, 5.41) is 10.2. The van der Waals surface area contributed by atoms with Crippen molar-refractivity contribution in [2.24, 2.45) is 0 Å². The van der Waals surface area contributed by atoms with Crippen molar-refractivity contribution in [3.63, 3.8) is 0 Å². The molecule has 0 amide bonds. The van der Waals surface area contributed by atoms with E-state index in [0.717, 1.165) is 11.2 Å². The van der Waals surface area contributed by atoms with Gasteiger partial charge in [-0.3, -0.25) is 0 Å². The highest BCUT2D eigenvalue weighted by Gasteiger charge is 2.22. The number of hydrogen-bond acceptors (Lipinski definition) is 7. The van der Waals surface area contributed by atoms with Gasteiger partial charge >= 0.3 is 5.97 Å². The molecule has 0 spiro atoms. The summed E-state index contributed by atoms with van der Waals surface area (Å²) in [6.45, 7) is 5.98. The molecule has 0 atom stereocenters. The number of hydrogen-bond donors (Lipinski definition) is 1. The molecule has 7 nitrogen and oxygen atoms in total. The second kappa shape index (κ2) is 7.67. The van der Waals surface area contributed by atoms with Crippen LogP contribution in [0.5, 0.6) is 0 Å². The number of thiophene rings is 1. The Kier molecular flexibility index (Phi) is 5.86. The van der Waals surface area contributed by atoms with Gasteiger partial charge in [-0.15, -0.1) is 11.3 Å². The van der Waals surface area contributed by atoms with Gasteiger partial charge < -0.3 is 19.5 Å². The number of aromatic carboxylic acids is 1. The van der Waals surface area contributed by atoms with Gasteiger partial charge in [-0.25, -0.2) is 14.8 Å². The van der Waals surface area contributed by atoms with Crippen molar-refractivity contribution < 1.29 is 19.4 Å². The molecule has 2 aromatic rings. The third kappa shape index (κ3) is 3.77. The van der Waals surface area contributed by atoms with E-state index in [2.05, 4.69) is 14.9 Å². The number of carboxylic acid groups (broad SMARTS) is 1. The third-order valence-corrected chi connectivity index (χ3v) is 4.68. The number of aryl methyl sites for hydroxylation is 2. The molecule has 2 aromatic heterocycles. The predicted octanol–water partition coefficient (Wildman–Crippen LogP) is 2.11. The fraction of sp³-hybridized carbons (Fsp3) is 0.533. The quantitative estimate of drug-likeness (QED) is 0.788. The fourth-order valence-corrected chi connectivity index (χ4v) is 3.44. The number of nitrogens with zero attached hydrogens (tertiary/aromatic N) is 3. The molecule has 0 aliphatic rings. The van der Waals surface area contributed by atoms with E-state index in [1.807, 2.05) is 6.92 Å². The summed E-state index contributed by atoms with van der Waals surface area (Å²) in [7, 11) is 3.29. The SMILES string of the molecule is COCCN(CCOC)c1nc(C)nc2sc(C(=O)O)c(C)c12. The van der Waals surface area contributed by atoms with Crippen molar-refractivity contribution >= 4 is 33.3 Å². The van der Waals surface area contributed by atoms with Crippen LogP contribution < -0.4 is 4.90 Å². The smallest absolute Gasteiger partial charge is 0.346 e.